The van der Waals surface area contributed by atoms with Gasteiger partial charge in [-0.2, -0.15) is 0 Å². The van der Waals surface area contributed by atoms with Crippen molar-refractivity contribution < 1.29 is 9.13 Å². The Bertz CT molecular complexity index is 1030. The van der Waals surface area contributed by atoms with Crippen molar-refractivity contribution in [3.63, 3.8) is 0 Å². The van der Waals surface area contributed by atoms with E-state index < -0.39 is 0 Å². The number of nitrogens with zero attached hydrogens (tertiary/aromatic N) is 2. The fraction of sp³-hybridized carbons (Fsp3) is 0.0476. The Balaban J connectivity index is 1.67. The molecule has 4 rings (SSSR count). The van der Waals surface area contributed by atoms with Crippen LogP contribution in [-0.2, 0) is 0 Å². The average molecular weight is 330 g/mol. The molecular formula is C21H15FN2O. The molecule has 0 aliphatic heterocycles. The molecule has 0 saturated carbocycles. The first-order chi connectivity index (χ1) is 12.2. The van der Waals surface area contributed by atoms with Gasteiger partial charge in [-0.3, -0.25) is 0 Å². The first-order valence-corrected chi connectivity index (χ1v) is 7.96. The van der Waals surface area contributed by atoms with Gasteiger partial charge in [0, 0.05) is 10.9 Å². The number of hydrogen-bond donors (Lipinski definition) is 0. The van der Waals surface area contributed by atoms with E-state index in [1.54, 1.807) is 12.1 Å². The summed E-state index contributed by atoms with van der Waals surface area (Å²) in [5.74, 6) is 1.73. The van der Waals surface area contributed by atoms with Gasteiger partial charge in [0.15, 0.2) is 0 Å². The second kappa shape index (κ2) is 6.32. The number of benzene rings is 3. The molecule has 25 heavy (non-hydrogen) atoms. The Morgan fingerprint density at radius 3 is 2.12 bits per heavy atom. The SMILES string of the molecule is Cc1nc(-c2ccc(Oc3ccc(F)cc3)cc2)c2ccccc2n1. The third kappa shape index (κ3) is 3.19. The van der Waals surface area contributed by atoms with Crippen molar-refractivity contribution in [1.82, 2.24) is 9.97 Å². The molecular weight excluding hydrogens is 315 g/mol. The van der Waals surface area contributed by atoms with Gasteiger partial charge in [0.05, 0.1) is 11.2 Å². The zero-order chi connectivity index (χ0) is 17.2. The van der Waals surface area contributed by atoms with Gasteiger partial charge >= 0.3 is 0 Å². The van der Waals surface area contributed by atoms with Crippen LogP contribution in [0.2, 0.25) is 0 Å². The minimum Gasteiger partial charge on any atom is -0.457 e. The Hall–Kier alpha value is -3.27. The molecule has 1 aromatic heterocycles. The van der Waals surface area contributed by atoms with Gasteiger partial charge in [0.25, 0.3) is 0 Å². The quantitative estimate of drug-likeness (QED) is 0.495. The lowest BCUT2D eigenvalue weighted by Gasteiger charge is -2.09. The Kier molecular flexibility index (Phi) is 3.86. The van der Waals surface area contributed by atoms with Gasteiger partial charge in [-0.15, -0.1) is 0 Å². The highest BCUT2D eigenvalue weighted by molar-refractivity contribution is 5.92. The van der Waals surface area contributed by atoms with Crippen LogP contribution in [0.1, 0.15) is 5.82 Å². The summed E-state index contributed by atoms with van der Waals surface area (Å²) in [6, 6.07) is 21.6. The maximum Gasteiger partial charge on any atom is 0.127 e. The number of aromatic nitrogens is 2. The number of para-hydroxylation sites is 1. The number of rotatable bonds is 3. The van der Waals surface area contributed by atoms with Crippen LogP contribution in [-0.4, -0.2) is 9.97 Å². The van der Waals surface area contributed by atoms with Gasteiger partial charge in [0.2, 0.25) is 0 Å². The third-order valence-corrected chi connectivity index (χ3v) is 3.89. The molecule has 122 valence electrons. The molecule has 0 atom stereocenters. The second-order valence-corrected chi connectivity index (χ2v) is 5.72. The topological polar surface area (TPSA) is 35.0 Å². The molecule has 0 amide bonds. The van der Waals surface area contributed by atoms with Crippen LogP contribution >= 0.6 is 0 Å². The van der Waals surface area contributed by atoms with Gasteiger partial charge in [-0.05, 0) is 61.5 Å². The molecule has 0 aliphatic carbocycles. The summed E-state index contributed by atoms with van der Waals surface area (Å²) < 4.78 is 18.7. The van der Waals surface area contributed by atoms with Crippen molar-refractivity contribution in [2.24, 2.45) is 0 Å². The molecule has 3 aromatic carbocycles. The molecule has 0 spiro atoms. The summed E-state index contributed by atoms with van der Waals surface area (Å²) in [6.45, 7) is 1.89. The number of hydrogen-bond acceptors (Lipinski definition) is 3. The molecule has 0 fully saturated rings. The van der Waals surface area contributed by atoms with Crippen molar-refractivity contribution in [3.8, 4) is 22.8 Å². The van der Waals surface area contributed by atoms with Gasteiger partial charge in [-0.1, -0.05) is 18.2 Å². The van der Waals surface area contributed by atoms with Crippen LogP contribution in [0.4, 0.5) is 4.39 Å². The largest absolute Gasteiger partial charge is 0.457 e. The molecule has 4 heteroatoms. The van der Waals surface area contributed by atoms with Crippen LogP contribution in [0.5, 0.6) is 11.5 Å². The van der Waals surface area contributed by atoms with E-state index in [9.17, 15) is 4.39 Å². The predicted octanol–water partition coefficient (Wildman–Crippen LogP) is 5.54. The monoisotopic (exact) mass is 330 g/mol. The van der Waals surface area contributed by atoms with E-state index in [1.807, 2.05) is 55.5 Å². The van der Waals surface area contributed by atoms with Crippen LogP contribution in [0.25, 0.3) is 22.2 Å². The van der Waals surface area contributed by atoms with E-state index in [0.29, 0.717) is 11.5 Å². The smallest absolute Gasteiger partial charge is 0.127 e. The number of fused-ring (bicyclic) bond motifs is 1. The number of ether oxygens (including phenoxy) is 1. The van der Waals surface area contributed by atoms with Crippen LogP contribution < -0.4 is 4.74 Å². The van der Waals surface area contributed by atoms with Crippen molar-refractivity contribution in [3.05, 3.63) is 84.4 Å². The normalized spacial score (nSPS) is 10.8. The van der Waals surface area contributed by atoms with E-state index in [-0.39, 0.29) is 5.82 Å². The summed E-state index contributed by atoms with van der Waals surface area (Å²) in [5.41, 5.74) is 2.82. The van der Waals surface area contributed by atoms with Gasteiger partial charge < -0.3 is 4.74 Å². The molecule has 1 heterocycles. The molecule has 4 aromatic rings. The van der Waals surface area contributed by atoms with Crippen LogP contribution in [0.3, 0.4) is 0 Å². The van der Waals surface area contributed by atoms with Crippen molar-refractivity contribution >= 4 is 10.9 Å². The molecule has 0 saturated heterocycles. The van der Waals surface area contributed by atoms with Crippen LogP contribution in [0.15, 0.2) is 72.8 Å². The fourth-order valence-corrected chi connectivity index (χ4v) is 2.73. The number of aryl methyl sites for hydroxylation is 1. The van der Waals surface area contributed by atoms with Gasteiger partial charge in [-0.25, -0.2) is 14.4 Å². The lowest BCUT2D eigenvalue weighted by Crippen LogP contribution is -1.94. The van der Waals surface area contributed by atoms with E-state index in [0.717, 1.165) is 28.0 Å². The maximum absolute atomic E-state index is 13.0. The Morgan fingerprint density at radius 2 is 1.40 bits per heavy atom. The van der Waals surface area contributed by atoms with Crippen molar-refractivity contribution in [1.29, 1.82) is 0 Å². The molecule has 0 bridgehead atoms. The average Bonchev–Trinajstić information content (AvgIpc) is 2.63. The molecule has 0 unspecified atom stereocenters. The van der Waals surface area contributed by atoms with E-state index in [4.69, 9.17) is 4.74 Å². The fourth-order valence-electron chi connectivity index (χ4n) is 2.73. The minimum absolute atomic E-state index is 0.284. The van der Waals surface area contributed by atoms with Crippen LogP contribution in [0, 0.1) is 12.7 Å². The predicted molar refractivity (Wildman–Crippen MR) is 96.2 cm³/mol. The summed E-state index contributed by atoms with van der Waals surface area (Å²) >= 11 is 0. The molecule has 3 nitrogen and oxygen atoms in total. The second-order valence-electron chi connectivity index (χ2n) is 5.72. The minimum atomic E-state index is -0.284. The van der Waals surface area contributed by atoms with E-state index in [2.05, 4.69) is 9.97 Å². The lowest BCUT2D eigenvalue weighted by molar-refractivity contribution is 0.480. The van der Waals surface area contributed by atoms with E-state index in [1.165, 1.54) is 12.1 Å². The van der Waals surface area contributed by atoms with E-state index >= 15 is 0 Å². The molecule has 0 aliphatic rings. The highest BCUT2D eigenvalue weighted by Gasteiger charge is 2.08. The third-order valence-electron chi connectivity index (χ3n) is 3.89. The maximum atomic E-state index is 13.0. The van der Waals surface area contributed by atoms with Gasteiger partial charge in [0.1, 0.15) is 23.1 Å². The summed E-state index contributed by atoms with van der Waals surface area (Å²) in [4.78, 5) is 9.08. The Morgan fingerprint density at radius 1 is 0.760 bits per heavy atom. The standard InChI is InChI=1S/C21H15FN2O/c1-14-23-20-5-3-2-4-19(20)21(24-14)15-6-10-17(11-7-15)25-18-12-8-16(22)9-13-18/h2-13H,1H3. The molecule has 0 N–H and O–H groups in total. The van der Waals surface area contributed by atoms with Crippen molar-refractivity contribution in [2.45, 2.75) is 6.92 Å². The summed E-state index contributed by atoms with van der Waals surface area (Å²) in [7, 11) is 0. The lowest BCUT2D eigenvalue weighted by atomic mass is 10.1. The Labute approximate surface area is 144 Å². The zero-order valence-corrected chi connectivity index (χ0v) is 13.6. The highest BCUT2D eigenvalue weighted by Crippen LogP contribution is 2.29. The zero-order valence-electron chi connectivity index (χ0n) is 13.6. The molecule has 0 radical (unpaired) electrons. The first kappa shape index (κ1) is 15.3. The summed E-state index contributed by atoms with van der Waals surface area (Å²) in [6.07, 6.45) is 0. The number of halogens is 1. The first-order valence-electron chi connectivity index (χ1n) is 7.96. The highest BCUT2D eigenvalue weighted by atomic mass is 19.1. The van der Waals surface area contributed by atoms with Crippen molar-refractivity contribution in [2.75, 3.05) is 0 Å². The summed E-state index contributed by atoms with van der Waals surface area (Å²) in [5, 5.41) is 1.01.